The molecule has 0 fully saturated rings. The van der Waals surface area contributed by atoms with Gasteiger partial charge in [-0.05, 0) is 41.8 Å². The molecule has 0 aliphatic rings. The Bertz CT molecular complexity index is 888. The molecular formula is C26H29NO2. The topological polar surface area (TPSA) is 38.3 Å². The van der Waals surface area contributed by atoms with Gasteiger partial charge < -0.3 is 10.1 Å². The summed E-state index contributed by atoms with van der Waals surface area (Å²) in [6.07, 6.45) is 6.05. The monoisotopic (exact) mass is 387 g/mol. The molecule has 3 nitrogen and oxygen atoms in total. The molecule has 29 heavy (non-hydrogen) atoms. The zero-order chi connectivity index (χ0) is 20.3. The van der Waals surface area contributed by atoms with Gasteiger partial charge in [0.05, 0.1) is 6.61 Å². The van der Waals surface area contributed by atoms with E-state index in [4.69, 9.17) is 4.74 Å². The highest BCUT2D eigenvalue weighted by Crippen LogP contribution is 2.21. The highest BCUT2D eigenvalue weighted by molar-refractivity contribution is 6.04. The van der Waals surface area contributed by atoms with E-state index in [1.807, 2.05) is 66.7 Å². The van der Waals surface area contributed by atoms with Gasteiger partial charge in [-0.25, -0.2) is 0 Å². The quantitative estimate of drug-likeness (QED) is 0.382. The fourth-order valence-electron chi connectivity index (χ4n) is 3.21. The molecule has 3 aromatic carbocycles. The van der Waals surface area contributed by atoms with Crippen LogP contribution in [0.2, 0.25) is 0 Å². The van der Waals surface area contributed by atoms with Crippen LogP contribution >= 0.6 is 0 Å². The highest BCUT2D eigenvalue weighted by Gasteiger charge is 2.07. The third-order valence-electron chi connectivity index (χ3n) is 4.86. The second kappa shape index (κ2) is 11.1. The SMILES string of the molecule is CCCCCCCOc1cccc(NC(=O)c2ccc(-c3ccccc3)cc2)c1. The molecule has 0 saturated heterocycles. The van der Waals surface area contributed by atoms with Gasteiger partial charge in [0, 0.05) is 17.3 Å². The summed E-state index contributed by atoms with van der Waals surface area (Å²) >= 11 is 0. The van der Waals surface area contributed by atoms with Crippen LogP contribution in [0, 0.1) is 0 Å². The number of ether oxygens (including phenoxy) is 1. The molecule has 0 aliphatic heterocycles. The molecule has 3 heteroatoms. The number of hydrogen-bond donors (Lipinski definition) is 1. The zero-order valence-electron chi connectivity index (χ0n) is 17.1. The number of benzene rings is 3. The number of amides is 1. The maximum Gasteiger partial charge on any atom is 0.255 e. The van der Waals surface area contributed by atoms with Crippen molar-refractivity contribution in [2.45, 2.75) is 39.0 Å². The molecule has 150 valence electrons. The average Bonchev–Trinajstić information content (AvgIpc) is 2.77. The number of unbranched alkanes of at least 4 members (excludes halogenated alkanes) is 4. The van der Waals surface area contributed by atoms with E-state index in [-0.39, 0.29) is 5.91 Å². The van der Waals surface area contributed by atoms with Crippen LogP contribution in [-0.2, 0) is 0 Å². The minimum absolute atomic E-state index is 0.124. The van der Waals surface area contributed by atoms with Gasteiger partial charge in [0.1, 0.15) is 5.75 Å². The average molecular weight is 388 g/mol. The molecule has 0 unspecified atom stereocenters. The van der Waals surface area contributed by atoms with Gasteiger partial charge in [-0.2, -0.15) is 0 Å². The number of nitrogens with one attached hydrogen (secondary N) is 1. The van der Waals surface area contributed by atoms with Gasteiger partial charge in [-0.1, -0.05) is 81.1 Å². The van der Waals surface area contributed by atoms with Gasteiger partial charge in [0.2, 0.25) is 0 Å². The van der Waals surface area contributed by atoms with E-state index in [1.165, 1.54) is 25.7 Å². The van der Waals surface area contributed by atoms with Crippen molar-refractivity contribution in [2.24, 2.45) is 0 Å². The van der Waals surface area contributed by atoms with Gasteiger partial charge in [-0.15, -0.1) is 0 Å². The van der Waals surface area contributed by atoms with Gasteiger partial charge in [-0.3, -0.25) is 4.79 Å². The zero-order valence-corrected chi connectivity index (χ0v) is 17.1. The Morgan fingerprint density at radius 1 is 0.793 bits per heavy atom. The Morgan fingerprint density at radius 3 is 2.28 bits per heavy atom. The molecule has 0 spiro atoms. The lowest BCUT2D eigenvalue weighted by atomic mass is 10.0. The number of carbonyl (C=O) groups is 1. The van der Waals surface area contributed by atoms with Crippen LogP contribution in [0.3, 0.4) is 0 Å². The predicted octanol–water partition coefficient (Wildman–Crippen LogP) is 6.96. The van der Waals surface area contributed by atoms with Crippen molar-refractivity contribution in [2.75, 3.05) is 11.9 Å². The van der Waals surface area contributed by atoms with Crippen molar-refractivity contribution in [3.63, 3.8) is 0 Å². The standard InChI is InChI=1S/C26H29NO2/c1-2-3-4-5-9-19-29-25-14-10-13-24(20-25)27-26(28)23-17-15-22(16-18-23)21-11-7-6-8-12-21/h6-8,10-18,20H,2-5,9,19H2,1H3,(H,27,28). The van der Waals surface area contributed by atoms with Crippen molar-refractivity contribution in [3.05, 3.63) is 84.4 Å². The fourth-order valence-corrected chi connectivity index (χ4v) is 3.21. The molecule has 3 aromatic rings. The summed E-state index contributed by atoms with van der Waals surface area (Å²) in [5, 5.41) is 2.96. The molecule has 0 atom stereocenters. The summed E-state index contributed by atoms with van der Waals surface area (Å²) in [4.78, 5) is 12.6. The van der Waals surface area contributed by atoms with Crippen LogP contribution in [-0.4, -0.2) is 12.5 Å². The maximum atomic E-state index is 12.6. The van der Waals surface area contributed by atoms with Crippen LogP contribution in [0.4, 0.5) is 5.69 Å². The molecule has 0 saturated carbocycles. The molecule has 0 heterocycles. The fraction of sp³-hybridized carbons (Fsp3) is 0.269. The summed E-state index contributed by atoms with van der Waals surface area (Å²) in [6, 6.07) is 25.4. The van der Waals surface area contributed by atoms with Crippen LogP contribution in [0.25, 0.3) is 11.1 Å². The largest absolute Gasteiger partial charge is 0.494 e. The van der Waals surface area contributed by atoms with E-state index >= 15 is 0 Å². The minimum Gasteiger partial charge on any atom is -0.494 e. The summed E-state index contributed by atoms with van der Waals surface area (Å²) in [7, 11) is 0. The predicted molar refractivity (Wildman–Crippen MR) is 121 cm³/mol. The normalized spacial score (nSPS) is 10.5. The van der Waals surface area contributed by atoms with Gasteiger partial charge >= 0.3 is 0 Å². The van der Waals surface area contributed by atoms with Crippen molar-refractivity contribution in [3.8, 4) is 16.9 Å². The van der Waals surface area contributed by atoms with Crippen molar-refractivity contribution >= 4 is 11.6 Å². The van der Waals surface area contributed by atoms with E-state index in [2.05, 4.69) is 24.4 Å². The molecule has 0 radical (unpaired) electrons. The Morgan fingerprint density at radius 2 is 1.52 bits per heavy atom. The third kappa shape index (κ3) is 6.49. The molecule has 0 aromatic heterocycles. The Labute approximate surface area is 173 Å². The Hall–Kier alpha value is -3.07. The van der Waals surface area contributed by atoms with E-state index in [9.17, 15) is 4.79 Å². The first-order chi connectivity index (χ1) is 14.3. The second-order valence-electron chi connectivity index (χ2n) is 7.19. The van der Waals surface area contributed by atoms with Crippen LogP contribution in [0.5, 0.6) is 5.75 Å². The lowest BCUT2D eigenvalue weighted by Gasteiger charge is -2.10. The van der Waals surface area contributed by atoms with Gasteiger partial charge in [0.15, 0.2) is 0 Å². The molecule has 1 N–H and O–H groups in total. The van der Waals surface area contributed by atoms with Crippen LogP contribution in [0.1, 0.15) is 49.4 Å². The highest BCUT2D eigenvalue weighted by atomic mass is 16.5. The number of anilines is 1. The molecule has 3 rings (SSSR count). The van der Waals surface area contributed by atoms with Gasteiger partial charge in [0.25, 0.3) is 5.91 Å². The van der Waals surface area contributed by atoms with Crippen LogP contribution in [0.15, 0.2) is 78.9 Å². The first kappa shape index (κ1) is 20.7. The maximum absolute atomic E-state index is 12.6. The first-order valence-electron chi connectivity index (χ1n) is 10.5. The summed E-state index contributed by atoms with van der Waals surface area (Å²) < 4.78 is 5.83. The summed E-state index contributed by atoms with van der Waals surface area (Å²) in [6.45, 7) is 2.93. The third-order valence-corrected chi connectivity index (χ3v) is 4.86. The van der Waals surface area contributed by atoms with E-state index in [0.29, 0.717) is 12.2 Å². The van der Waals surface area contributed by atoms with Crippen molar-refractivity contribution in [1.29, 1.82) is 0 Å². The number of rotatable bonds is 10. The van der Waals surface area contributed by atoms with E-state index in [1.54, 1.807) is 0 Å². The molecule has 0 aliphatic carbocycles. The smallest absolute Gasteiger partial charge is 0.255 e. The molecule has 1 amide bonds. The number of hydrogen-bond acceptors (Lipinski definition) is 2. The molecule has 0 bridgehead atoms. The lowest BCUT2D eigenvalue weighted by molar-refractivity contribution is 0.102. The van der Waals surface area contributed by atoms with E-state index in [0.717, 1.165) is 29.0 Å². The minimum atomic E-state index is -0.124. The molecular weight excluding hydrogens is 358 g/mol. The van der Waals surface area contributed by atoms with Crippen molar-refractivity contribution < 1.29 is 9.53 Å². The summed E-state index contributed by atoms with van der Waals surface area (Å²) in [5.74, 6) is 0.666. The van der Waals surface area contributed by atoms with E-state index < -0.39 is 0 Å². The second-order valence-corrected chi connectivity index (χ2v) is 7.19. The Balaban J connectivity index is 1.54. The van der Waals surface area contributed by atoms with Crippen LogP contribution < -0.4 is 10.1 Å². The van der Waals surface area contributed by atoms with Crippen molar-refractivity contribution in [1.82, 2.24) is 0 Å². The number of carbonyl (C=O) groups excluding carboxylic acids is 1. The Kier molecular flexibility index (Phi) is 7.88. The first-order valence-corrected chi connectivity index (χ1v) is 10.5. The summed E-state index contributed by atoms with van der Waals surface area (Å²) in [5.41, 5.74) is 3.60. The lowest BCUT2D eigenvalue weighted by Crippen LogP contribution is -2.11.